The van der Waals surface area contributed by atoms with Gasteiger partial charge in [-0.25, -0.2) is 0 Å². The molecule has 0 aliphatic carbocycles. The van der Waals surface area contributed by atoms with Crippen LogP contribution in [-0.2, 0) is 20.8 Å². The van der Waals surface area contributed by atoms with Crippen LogP contribution in [0.2, 0.25) is 0 Å². The number of hydrogen-bond donors (Lipinski definition) is 2. The molecular weight excluding hydrogens is 408 g/mol. The molecule has 2 aromatic rings. The molecule has 2 heterocycles. The van der Waals surface area contributed by atoms with E-state index in [4.69, 9.17) is 0 Å². The quantitative estimate of drug-likeness (QED) is 0.729. The predicted octanol–water partition coefficient (Wildman–Crippen LogP) is 2.30. The molecule has 8 heteroatoms. The van der Waals surface area contributed by atoms with Crippen LogP contribution in [0.1, 0.15) is 42.1 Å². The van der Waals surface area contributed by atoms with Gasteiger partial charge >= 0.3 is 0 Å². The zero-order valence-electron chi connectivity index (χ0n) is 18.2. The Balaban J connectivity index is 1.44. The Hall–Kier alpha value is -3.68. The first-order valence-corrected chi connectivity index (χ1v) is 10.7. The molecule has 2 aliphatic heterocycles. The van der Waals surface area contributed by atoms with Crippen molar-refractivity contribution in [2.45, 2.75) is 38.3 Å². The smallest absolute Gasteiger partial charge is 0.257 e. The van der Waals surface area contributed by atoms with Crippen molar-refractivity contribution < 1.29 is 19.2 Å². The van der Waals surface area contributed by atoms with E-state index in [1.54, 1.807) is 59.3 Å². The molecule has 0 spiro atoms. The Kier molecular flexibility index (Phi) is 5.69. The molecule has 2 aromatic carbocycles. The SMILES string of the molecule is CNC(=O)Cc1ccc(NC(=O)CCN2C(=O)c3ccccc3N3C(=O)CCC23C)cc1. The van der Waals surface area contributed by atoms with Gasteiger partial charge < -0.3 is 15.5 Å². The molecule has 1 unspecified atom stereocenters. The van der Waals surface area contributed by atoms with Crippen LogP contribution in [0.25, 0.3) is 0 Å². The lowest BCUT2D eigenvalue weighted by Gasteiger charge is -2.48. The molecule has 2 aliphatic rings. The molecule has 1 fully saturated rings. The number of rotatable bonds is 6. The Morgan fingerprint density at radius 1 is 1.03 bits per heavy atom. The van der Waals surface area contributed by atoms with E-state index in [9.17, 15) is 19.2 Å². The average Bonchev–Trinajstić information content (AvgIpc) is 3.10. The van der Waals surface area contributed by atoms with Gasteiger partial charge in [-0.1, -0.05) is 24.3 Å². The van der Waals surface area contributed by atoms with Gasteiger partial charge in [0.2, 0.25) is 17.7 Å². The van der Waals surface area contributed by atoms with E-state index in [0.29, 0.717) is 29.8 Å². The topological polar surface area (TPSA) is 98.8 Å². The summed E-state index contributed by atoms with van der Waals surface area (Å²) in [5.41, 5.74) is 1.81. The largest absolute Gasteiger partial charge is 0.359 e. The summed E-state index contributed by atoms with van der Waals surface area (Å²) >= 11 is 0. The molecule has 4 amide bonds. The number of hydrogen-bond acceptors (Lipinski definition) is 4. The summed E-state index contributed by atoms with van der Waals surface area (Å²) in [6.07, 6.45) is 1.27. The maximum absolute atomic E-state index is 13.2. The van der Waals surface area contributed by atoms with E-state index in [1.165, 1.54) is 0 Å². The highest BCUT2D eigenvalue weighted by Crippen LogP contribution is 2.43. The second kappa shape index (κ2) is 8.45. The van der Waals surface area contributed by atoms with Crippen molar-refractivity contribution in [3.63, 3.8) is 0 Å². The van der Waals surface area contributed by atoms with Crippen molar-refractivity contribution >= 4 is 35.0 Å². The highest BCUT2D eigenvalue weighted by atomic mass is 16.2. The molecule has 166 valence electrons. The summed E-state index contributed by atoms with van der Waals surface area (Å²) in [4.78, 5) is 53.2. The molecular formula is C24H26N4O4. The van der Waals surface area contributed by atoms with Gasteiger partial charge in [-0.2, -0.15) is 0 Å². The summed E-state index contributed by atoms with van der Waals surface area (Å²) in [6, 6.07) is 14.2. The minimum absolute atomic E-state index is 0.0151. The maximum Gasteiger partial charge on any atom is 0.257 e. The predicted molar refractivity (Wildman–Crippen MR) is 120 cm³/mol. The summed E-state index contributed by atoms with van der Waals surface area (Å²) in [6.45, 7) is 2.09. The van der Waals surface area contributed by atoms with Gasteiger partial charge in [0.1, 0.15) is 5.66 Å². The summed E-state index contributed by atoms with van der Waals surface area (Å²) in [5, 5.41) is 5.41. The van der Waals surface area contributed by atoms with Crippen LogP contribution in [0, 0.1) is 0 Å². The number of carbonyl (C=O) groups is 4. The highest BCUT2D eigenvalue weighted by molar-refractivity contribution is 6.10. The average molecular weight is 434 g/mol. The van der Waals surface area contributed by atoms with Crippen molar-refractivity contribution in [3.8, 4) is 0 Å². The Morgan fingerprint density at radius 3 is 2.47 bits per heavy atom. The Labute approximate surface area is 186 Å². The van der Waals surface area contributed by atoms with Crippen LogP contribution >= 0.6 is 0 Å². The number of likely N-dealkylation sites (N-methyl/N-ethyl adjacent to an activating group) is 1. The molecule has 1 saturated heterocycles. The highest BCUT2D eigenvalue weighted by Gasteiger charge is 2.52. The van der Waals surface area contributed by atoms with Crippen LogP contribution < -0.4 is 15.5 Å². The maximum atomic E-state index is 13.2. The minimum Gasteiger partial charge on any atom is -0.359 e. The number of benzene rings is 2. The van der Waals surface area contributed by atoms with E-state index in [1.807, 2.05) is 13.0 Å². The molecule has 8 nitrogen and oxygen atoms in total. The zero-order valence-corrected chi connectivity index (χ0v) is 18.2. The van der Waals surface area contributed by atoms with E-state index in [0.717, 1.165) is 5.56 Å². The fourth-order valence-corrected chi connectivity index (χ4v) is 4.46. The molecule has 32 heavy (non-hydrogen) atoms. The third kappa shape index (κ3) is 3.84. The van der Waals surface area contributed by atoms with Gasteiger partial charge in [0, 0.05) is 32.1 Å². The summed E-state index contributed by atoms with van der Waals surface area (Å²) in [7, 11) is 1.59. The third-order valence-corrected chi connectivity index (χ3v) is 6.19. The van der Waals surface area contributed by atoms with Crippen molar-refractivity contribution in [2.75, 3.05) is 23.8 Å². The minimum atomic E-state index is -0.774. The van der Waals surface area contributed by atoms with Gasteiger partial charge in [0.25, 0.3) is 5.91 Å². The van der Waals surface area contributed by atoms with E-state index in [-0.39, 0.29) is 43.0 Å². The Morgan fingerprint density at radius 2 is 1.75 bits per heavy atom. The number of amides is 4. The third-order valence-electron chi connectivity index (χ3n) is 6.19. The van der Waals surface area contributed by atoms with Crippen LogP contribution in [0.3, 0.4) is 0 Å². The first-order chi connectivity index (χ1) is 15.3. The van der Waals surface area contributed by atoms with Crippen LogP contribution in [-0.4, -0.2) is 47.8 Å². The number of anilines is 2. The van der Waals surface area contributed by atoms with Gasteiger partial charge in [-0.15, -0.1) is 0 Å². The van der Waals surface area contributed by atoms with E-state index in [2.05, 4.69) is 10.6 Å². The fraction of sp³-hybridized carbons (Fsp3) is 0.333. The van der Waals surface area contributed by atoms with Crippen molar-refractivity contribution in [3.05, 3.63) is 59.7 Å². The van der Waals surface area contributed by atoms with Gasteiger partial charge in [-0.05, 0) is 43.2 Å². The van der Waals surface area contributed by atoms with E-state index >= 15 is 0 Å². The molecule has 0 saturated carbocycles. The van der Waals surface area contributed by atoms with Crippen LogP contribution in [0.4, 0.5) is 11.4 Å². The van der Waals surface area contributed by atoms with Crippen LogP contribution in [0.5, 0.6) is 0 Å². The molecule has 0 bridgehead atoms. The lowest BCUT2D eigenvalue weighted by molar-refractivity contribution is -0.120. The first-order valence-electron chi connectivity index (χ1n) is 10.7. The fourth-order valence-electron chi connectivity index (χ4n) is 4.46. The van der Waals surface area contributed by atoms with Gasteiger partial charge in [0.15, 0.2) is 0 Å². The van der Waals surface area contributed by atoms with Crippen molar-refractivity contribution in [2.24, 2.45) is 0 Å². The lowest BCUT2D eigenvalue weighted by Crippen LogP contribution is -2.62. The molecule has 2 N–H and O–H groups in total. The summed E-state index contributed by atoms with van der Waals surface area (Å²) < 4.78 is 0. The normalized spacial score (nSPS) is 19.4. The number of para-hydroxylation sites is 1. The molecule has 4 rings (SSSR count). The second-order valence-electron chi connectivity index (χ2n) is 8.27. The monoisotopic (exact) mass is 434 g/mol. The van der Waals surface area contributed by atoms with Gasteiger partial charge in [0.05, 0.1) is 17.7 Å². The summed E-state index contributed by atoms with van der Waals surface area (Å²) in [5.74, 6) is -0.489. The van der Waals surface area contributed by atoms with Crippen molar-refractivity contribution in [1.82, 2.24) is 10.2 Å². The number of carbonyl (C=O) groups excluding carboxylic acids is 4. The zero-order chi connectivity index (χ0) is 22.9. The van der Waals surface area contributed by atoms with Crippen LogP contribution in [0.15, 0.2) is 48.5 Å². The second-order valence-corrected chi connectivity index (χ2v) is 8.27. The standard InChI is InChI=1S/C24H26N4O4/c1-24-13-11-22(31)28(24)19-6-4-3-5-18(19)23(32)27(24)14-12-20(29)26-17-9-7-16(8-10-17)15-21(30)25-2/h3-10H,11-15H2,1-2H3,(H,25,30)(H,26,29). The molecule has 0 aromatic heterocycles. The van der Waals surface area contributed by atoms with Gasteiger partial charge in [-0.3, -0.25) is 24.1 Å². The van der Waals surface area contributed by atoms with E-state index < -0.39 is 5.66 Å². The Bertz CT molecular complexity index is 1080. The number of nitrogens with zero attached hydrogens (tertiary/aromatic N) is 2. The number of fused-ring (bicyclic) bond motifs is 3. The number of nitrogens with one attached hydrogen (secondary N) is 2. The molecule has 1 atom stereocenters. The van der Waals surface area contributed by atoms with Crippen molar-refractivity contribution in [1.29, 1.82) is 0 Å². The lowest BCUT2D eigenvalue weighted by atomic mass is 9.98. The molecule has 0 radical (unpaired) electrons. The first kappa shape index (κ1) is 21.5.